The number of benzene rings is 1. The van der Waals surface area contributed by atoms with E-state index in [0.717, 1.165) is 36.9 Å². The molecule has 0 bridgehead atoms. The standard InChI is InChI=1S/C17H25ClN2O/c1-20(16-5-3-2-4-13(16)10-19)11-14-9-15(18)8-12-6-7-21-17(12)14/h8-9,13,16H,2-7,10-11,19H2,1H3. The highest BCUT2D eigenvalue weighted by molar-refractivity contribution is 6.30. The fraction of sp³-hybridized carbons (Fsp3) is 0.647. The number of fused-ring (bicyclic) bond motifs is 1. The van der Waals surface area contributed by atoms with E-state index in [-0.39, 0.29) is 0 Å². The van der Waals surface area contributed by atoms with Gasteiger partial charge in [0.2, 0.25) is 0 Å². The van der Waals surface area contributed by atoms with Crippen LogP contribution in [0.2, 0.25) is 5.02 Å². The summed E-state index contributed by atoms with van der Waals surface area (Å²) in [6, 6.07) is 4.68. The lowest BCUT2D eigenvalue weighted by Gasteiger charge is -2.37. The molecule has 0 spiro atoms. The molecule has 2 aliphatic rings. The molecule has 3 rings (SSSR count). The second-order valence-corrected chi connectivity index (χ2v) is 6.85. The van der Waals surface area contributed by atoms with E-state index >= 15 is 0 Å². The Balaban J connectivity index is 1.77. The summed E-state index contributed by atoms with van der Waals surface area (Å²) in [5.41, 5.74) is 8.44. The topological polar surface area (TPSA) is 38.5 Å². The molecule has 1 fully saturated rings. The van der Waals surface area contributed by atoms with Gasteiger partial charge in [-0.1, -0.05) is 24.4 Å². The van der Waals surface area contributed by atoms with Crippen LogP contribution >= 0.6 is 11.6 Å². The molecule has 116 valence electrons. The van der Waals surface area contributed by atoms with Crippen molar-refractivity contribution in [3.05, 3.63) is 28.3 Å². The second kappa shape index (κ2) is 6.55. The highest BCUT2D eigenvalue weighted by Crippen LogP contribution is 2.35. The van der Waals surface area contributed by atoms with Gasteiger partial charge in [-0.05, 0) is 50.0 Å². The van der Waals surface area contributed by atoms with Crippen LogP contribution in [0.15, 0.2) is 12.1 Å². The van der Waals surface area contributed by atoms with E-state index in [0.29, 0.717) is 12.0 Å². The Hall–Kier alpha value is -0.770. The highest BCUT2D eigenvalue weighted by Gasteiger charge is 2.28. The smallest absolute Gasteiger partial charge is 0.127 e. The van der Waals surface area contributed by atoms with Crippen LogP contribution < -0.4 is 10.5 Å². The van der Waals surface area contributed by atoms with Crippen molar-refractivity contribution in [2.45, 2.75) is 44.7 Å². The van der Waals surface area contributed by atoms with Gasteiger partial charge in [-0.3, -0.25) is 4.90 Å². The second-order valence-electron chi connectivity index (χ2n) is 6.41. The summed E-state index contributed by atoms with van der Waals surface area (Å²) in [7, 11) is 2.21. The van der Waals surface area contributed by atoms with Crippen molar-refractivity contribution in [2.24, 2.45) is 11.7 Å². The van der Waals surface area contributed by atoms with Gasteiger partial charge in [0.25, 0.3) is 0 Å². The third-order valence-electron chi connectivity index (χ3n) is 4.98. The highest BCUT2D eigenvalue weighted by atomic mass is 35.5. The zero-order chi connectivity index (χ0) is 14.8. The maximum atomic E-state index is 6.26. The van der Waals surface area contributed by atoms with Crippen LogP contribution in [0.25, 0.3) is 0 Å². The van der Waals surface area contributed by atoms with E-state index in [9.17, 15) is 0 Å². The Morgan fingerprint density at radius 3 is 2.95 bits per heavy atom. The molecule has 2 N–H and O–H groups in total. The summed E-state index contributed by atoms with van der Waals surface area (Å²) in [6.07, 6.45) is 6.12. The fourth-order valence-corrected chi connectivity index (χ4v) is 4.16. The van der Waals surface area contributed by atoms with Crippen LogP contribution in [0.5, 0.6) is 5.75 Å². The van der Waals surface area contributed by atoms with Gasteiger partial charge in [-0.2, -0.15) is 0 Å². The number of ether oxygens (including phenoxy) is 1. The summed E-state index contributed by atoms with van der Waals surface area (Å²) >= 11 is 6.26. The average molecular weight is 309 g/mol. The number of nitrogens with zero attached hydrogens (tertiary/aromatic N) is 1. The Morgan fingerprint density at radius 1 is 1.33 bits per heavy atom. The van der Waals surface area contributed by atoms with Gasteiger partial charge < -0.3 is 10.5 Å². The first-order chi connectivity index (χ1) is 10.2. The van der Waals surface area contributed by atoms with Gasteiger partial charge in [0.05, 0.1) is 6.61 Å². The third kappa shape index (κ3) is 3.20. The molecule has 1 aromatic carbocycles. The SMILES string of the molecule is CN(Cc1cc(Cl)cc2c1OCC2)C1CCCCC1CN. The number of hydrogen-bond donors (Lipinski definition) is 1. The molecule has 1 aromatic rings. The zero-order valence-corrected chi connectivity index (χ0v) is 13.5. The largest absolute Gasteiger partial charge is 0.493 e. The Kier molecular flexibility index (Phi) is 4.72. The summed E-state index contributed by atoms with van der Waals surface area (Å²) in [5, 5.41) is 0.821. The van der Waals surface area contributed by atoms with Crippen LogP contribution in [0.1, 0.15) is 36.8 Å². The van der Waals surface area contributed by atoms with Crippen molar-refractivity contribution in [1.29, 1.82) is 0 Å². The number of nitrogens with two attached hydrogens (primary N) is 1. The molecule has 1 aliphatic carbocycles. The minimum Gasteiger partial charge on any atom is -0.493 e. The summed E-state index contributed by atoms with van der Waals surface area (Å²) in [5.74, 6) is 1.68. The minimum atomic E-state index is 0.583. The van der Waals surface area contributed by atoms with Gasteiger partial charge in [0, 0.05) is 29.6 Å². The molecular weight excluding hydrogens is 284 g/mol. The molecule has 1 aliphatic heterocycles. The normalized spacial score (nSPS) is 25.0. The van der Waals surface area contributed by atoms with Crippen LogP contribution in [-0.4, -0.2) is 31.1 Å². The van der Waals surface area contributed by atoms with E-state index < -0.39 is 0 Å². The molecule has 4 heteroatoms. The molecule has 2 unspecified atom stereocenters. The first-order valence-electron chi connectivity index (χ1n) is 8.03. The zero-order valence-electron chi connectivity index (χ0n) is 12.8. The lowest BCUT2D eigenvalue weighted by molar-refractivity contribution is 0.126. The maximum Gasteiger partial charge on any atom is 0.127 e. The van der Waals surface area contributed by atoms with E-state index in [4.69, 9.17) is 22.1 Å². The third-order valence-corrected chi connectivity index (χ3v) is 5.20. The fourth-order valence-electron chi connectivity index (χ4n) is 3.89. The van der Waals surface area contributed by atoms with Crippen molar-refractivity contribution in [2.75, 3.05) is 20.2 Å². The molecule has 0 radical (unpaired) electrons. The molecule has 21 heavy (non-hydrogen) atoms. The van der Waals surface area contributed by atoms with E-state index in [1.54, 1.807) is 0 Å². The van der Waals surface area contributed by atoms with Crippen LogP contribution in [0.4, 0.5) is 0 Å². The number of rotatable bonds is 4. The first kappa shape index (κ1) is 15.1. The van der Waals surface area contributed by atoms with Crippen molar-refractivity contribution in [3.63, 3.8) is 0 Å². The monoisotopic (exact) mass is 308 g/mol. The Labute approximate surface area is 132 Å². The van der Waals surface area contributed by atoms with Gasteiger partial charge in [-0.15, -0.1) is 0 Å². The molecule has 0 saturated heterocycles. The summed E-state index contributed by atoms with van der Waals surface area (Å²) in [4.78, 5) is 2.45. The lowest BCUT2D eigenvalue weighted by atomic mass is 9.83. The maximum absolute atomic E-state index is 6.26. The van der Waals surface area contributed by atoms with Crippen molar-refractivity contribution >= 4 is 11.6 Å². The molecular formula is C17H25ClN2O. The average Bonchev–Trinajstić information content (AvgIpc) is 2.95. The van der Waals surface area contributed by atoms with Gasteiger partial charge in [0.15, 0.2) is 0 Å². The summed E-state index contributed by atoms with van der Waals surface area (Å²) < 4.78 is 5.82. The number of hydrogen-bond acceptors (Lipinski definition) is 3. The van der Waals surface area contributed by atoms with Gasteiger partial charge >= 0.3 is 0 Å². The molecule has 0 amide bonds. The molecule has 1 heterocycles. The first-order valence-corrected chi connectivity index (χ1v) is 8.41. The molecule has 3 nitrogen and oxygen atoms in total. The van der Waals surface area contributed by atoms with E-state index in [1.165, 1.54) is 36.8 Å². The van der Waals surface area contributed by atoms with Gasteiger partial charge in [-0.25, -0.2) is 0 Å². The predicted molar refractivity (Wildman–Crippen MR) is 86.9 cm³/mol. The summed E-state index contributed by atoms with van der Waals surface area (Å²) in [6.45, 7) is 2.46. The van der Waals surface area contributed by atoms with Crippen molar-refractivity contribution in [3.8, 4) is 5.75 Å². The van der Waals surface area contributed by atoms with Gasteiger partial charge in [0.1, 0.15) is 5.75 Å². The Bertz CT molecular complexity index is 506. The van der Waals surface area contributed by atoms with Crippen LogP contribution in [0.3, 0.4) is 0 Å². The van der Waals surface area contributed by atoms with Crippen LogP contribution in [-0.2, 0) is 13.0 Å². The quantitative estimate of drug-likeness (QED) is 0.928. The Morgan fingerprint density at radius 2 is 2.14 bits per heavy atom. The van der Waals surface area contributed by atoms with Crippen LogP contribution in [0, 0.1) is 5.92 Å². The molecule has 0 aromatic heterocycles. The minimum absolute atomic E-state index is 0.583. The molecule has 1 saturated carbocycles. The van der Waals surface area contributed by atoms with Crippen molar-refractivity contribution in [1.82, 2.24) is 4.90 Å². The van der Waals surface area contributed by atoms with E-state index in [1.807, 2.05) is 6.07 Å². The van der Waals surface area contributed by atoms with Crippen molar-refractivity contribution < 1.29 is 4.74 Å². The predicted octanol–water partition coefficient (Wildman–Crippen LogP) is 3.22. The van der Waals surface area contributed by atoms with E-state index in [2.05, 4.69) is 18.0 Å². The number of halogens is 1. The molecule has 2 atom stereocenters. The lowest BCUT2D eigenvalue weighted by Crippen LogP contribution is -2.42.